The number of amides is 2. The van der Waals surface area contributed by atoms with Gasteiger partial charge in [0.2, 0.25) is 0 Å². The highest BCUT2D eigenvalue weighted by Crippen LogP contribution is 2.32. The van der Waals surface area contributed by atoms with Gasteiger partial charge >= 0.3 is 6.03 Å². The maximum atomic E-state index is 12.1. The Morgan fingerprint density at radius 1 is 1.10 bits per heavy atom. The van der Waals surface area contributed by atoms with Gasteiger partial charge in [0.15, 0.2) is 11.5 Å². The number of aromatic nitrogens is 4. The molecule has 0 aliphatic carbocycles. The van der Waals surface area contributed by atoms with Crippen LogP contribution in [-0.4, -0.2) is 51.9 Å². The van der Waals surface area contributed by atoms with Gasteiger partial charge < -0.3 is 25.4 Å². The number of anilines is 2. The Hall–Kier alpha value is -3.82. The van der Waals surface area contributed by atoms with Gasteiger partial charge in [0.05, 0.1) is 0 Å². The summed E-state index contributed by atoms with van der Waals surface area (Å²) in [5.41, 5.74) is 0.635. The minimum absolute atomic E-state index is 0.305. The summed E-state index contributed by atoms with van der Waals surface area (Å²) in [6.07, 6.45) is 5.04. The molecule has 0 radical (unpaired) electrons. The smallest absolute Gasteiger partial charge is 0.319 e. The van der Waals surface area contributed by atoms with Gasteiger partial charge in [0.1, 0.15) is 37.0 Å². The average molecular weight is 395 g/mol. The molecule has 0 unspecified atom stereocenters. The second-order valence-corrected chi connectivity index (χ2v) is 6.27. The van der Waals surface area contributed by atoms with E-state index in [1.165, 1.54) is 6.33 Å². The highest BCUT2D eigenvalue weighted by molar-refractivity contribution is 5.89. The molecule has 3 N–H and O–H groups in total. The number of nitrogens with one attached hydrogen (secondary N) is 3. The SMILES string of the molecule is Cc1nccn1-c1cc(NCCNC(=O)Nc2ccc3c(c2)OCCO3)ncn1. The molecule has 29 heavy (non-hydrogen) atoms. The van der Waals surface area contributed by atoms with E-state index in [1.54, 1.807) is 24.4 Å². The predicted octanol–water partition coefficient (Wildman–Crippen LogP) is 1.98. The lowest BCUT2D eigenvalue weighted by Crippen LogP contribution is -2.32. The van der Waals surface area contributed by atoms with E-state index in [-0.39, 0.29) is 6.03 Å². The molecule has 10 nitrogen and oxygen atoms in total. The Morgan fingerprint density at radius 2 is 1.97 bits per heavy atom. The first-order valence-corrected chi connectivity index (χ1v) is 9.20. The van der Waals surface area contributed by atoms with Crippen LogP contribution in [0.15, 0.2) is 43.0 Å². The molecule has 3 aromatic rings. The average Bonchev–Trinajstić information content (AvgIpc) is 3.17. The molecular formula is C19H21N7O3. The summed E-state index contributed by atoms with van der Waals surface area (Å²) in [6.45, 7) is 3.86. The number of aryl methyl sites for hydroxylation is 1. The normalized spacial score (nSPS) is 12.3. The summed E-state index contributed by atoms with van der Waals surface area (Å²) >= 11 is 0. The highest BCUT2D eigenvalue weighted by atomic mass is 16.6. The minimum atomic E-state index is -0.305. The molecule has 2 aromatic heterocycles. The number of urea groups is 1. The van der Waals surface area contributed by atoms with Crippen LogP contribution >= 0.6 is 0 Å². The van der Waals surface area contributed by atoms with Gasteiger partial charge in [-0.1, -0.05) is 0 Å². The number of carbonyl (C=O) groups is 1. The second kappa shape index (κ2) is 8.46. The number of hydrogen-bond donors (Lipinski definition) is 3. The van der Waals surface area contributed by atoms with Crippen LogP contribution in [0.3, 0.4) is 0 Å². The van der Waals surface area contributed by atoms with Crippen molar-refractivity contribution in [2.75, 3.05) is 36.9 Å². The Morgan fingerprint density at radius 3 is 2.79 bits per heavy atom. The standard InChI is InChI=1S/C19H21N7O3/c1-13-20-6-7-26(13)18-11-17(23-12-24-18)21-4-5-22-19(27)25-14-2-3-15-16(10-14)29-9-8-28-15/h2-3,6-7,10-12H,4-5,8-9H2,1H3,(H,21,23,24)(H2,22,25,27). The molecule has 3 heterocycles. The van der Waals surface area contributed by atoms with E-state index < -0.39 is 0 Å². The zero-order chi connectivity index (χ0) is 20.1. The zero-order valence-electron chi connectivity index (χ0n) is 15.9. The van der Waals surface area contributed by atoms with Crippen LogP contribution in [0.25, 0.3) is 5.82 Å². The van der Waals surface area contributed by atoms with Crippen LogP contribution in [0.4, 0.5) is 16.3 Å². The Balaban J connectivity index is 1.24. The van der Waals surface area contributed by atoms with E-state index in [0.717, 1.165) is 11.6 Å². The van der Waals surface area contributed by atoms with Crippen molar-refractivity contribution in [3.05, 3.63) is 48.8 Å². The lowest BCUT2D eigenvalue weighted by Gasteiger charge is -2.19. The molecule has 1 aliphatic rings. The first kappa shape index (κ1) is 18.5. The molecule has 1 aromatic carbocycles. The first-order chi connectivity index (χ1) is 14.2. The zero-order valence-corrected chi connectivity index (χ0v) is 15.9. The molecule has 0 saturated carbocycles. The molecule has 0 fully saturated rings. The second-order valence-electron chi connectivity index (χ2n) is 6.27. The maximum absolute atomic E-state index is 12.1. The quantitative estimate of drug-likeness (QED) is 0.547. The number of carbonyl (C=O) groups excluding carboxylic acids is 1. The van der Waals surface area contributed by atoms with Crippen molar-refractivity contribution in [1.29, 1.82) is 0 Å². The van der Waals surface area contributed by atoms with Gasteiger partial charge in [-0.3, -0.25) is 4.57 Å². The molecule has 0 spiro atoms. The van der Waals surface area contributed by atoms with E-state index in [0.29, 0.717) is 49.3 Å². The molecule has 10 heteroatoms. The van der Waals surface area contributed by atoms with Crippen LogP contribution in [0.2, 0.25) is 0 Å². The van der Waals surface area contributed by atoms with Gasteiger partial charge in [-0.15, -0.1) is 0 Å². The number of imidazole rings is 1. The van der Waals surface area contributed by atoms with Crippen LogP contribution in [0.1, 0.15) is 5.82 Å². The minimum Gasteiger partial charge on any atom is -0.486 e. The van der Waals surface area contributed by atoms with Gasteiger partial charge in [-0.2, -0.15) is 0 Å². The fourth-order valence-electron chi connectivity index (χ4n) is 2.86. The van der Waals surface area contributed by atoms with Gasteiger partial charge in [0, 0.05) is 43.3 Å². The number of fused-ring (bicyclic) bond motifs is 1. The lowest BCUT2D eigenvalue weighted by atomic mass is 10.2. The molecule has 150 valence electrons. The molecular weight excluding hydrogens is 374 g/mol. The molecule has 0 bridgehead atoms. The summed E-state index contributed by atoms with van der Waals surface area (Å²) in [4.78, 5) is 24.7. The molecule has 0 saturated heterocycles. The van der Waals surface area contributed by atoms with Crippen molar-refractivity contribution in [1.82, 2.24) is 24.8 Å². The van der Waals surface area contributed by atoms with Crippen molar-refractivity contribution in [2.45, 2.75) is 6.92 Å². The fourth-order valence-corrected chi connectivity index (χ4v) is 2.86. The number of ether oxygens (including phenoxy) is 2. The van der Waals surface area contributed by atoms with Crippen molar-refractivity contribution < 1.29 is 14.3 Å². The summed E-state index contributed by atoms with van der Waals surface area (Å²) in [6, 6.07) is 6.81. The molecule has 1 aliphatic heterocycles. The first-order valence-electron chi connectivity index (χ1n) is 9.20. The van der Waals surface area contributed by atoms with Crippen LogP contribution < -0.4 is 25.4 Å². The largest absolute Gasteiger partial charge is 0.486 e. The van der Waals surface area contributed by atoms with Gasteiger partial charge in [-0.05, 0) is 19.1 Å². The van der Waals surface area contributed by atoms with Crippen LogP contribution in [0, 0.1) is 6.92 Å². The number of benzene rings is 1. The van der Waals surface area contributed by atoms with Crippen molar-refractivity contribution in [3.8, 4) is 17.3 Å². The summed E-state index contributed by atoms with van der Waals surface area (Å²) in [7, 11) is 0. The van der Waals surface area contributed by atoms with Crippen molar-refractivity contribution >= 4 is 17.5 Å². The monoisotopic (exact) mass is 395 g/mol. The van der Waals surface area contributed by atoms with E-state index in [4.69, 9.17) is 9.47 Å². The summed E-state index contributed by atoms with van der Waals surface area (Å²) in [5.74, 6) is 3.54. The third-order valence-corrected chi connectivity index (χ3v) is 4.24. The summed E-state index contributed by atoms with van der Waals surface area (Å²) in [5, 5.41) is 8.73. The summed E-state index contributed by atoms with van der Waals surface area (Å²) < 4.78 is 12.8. The molecule has 4 rings (SSSR count). The van der Waals surface area contributed by atoms with Crippen LogP contribution in [-0.2, 0) is 0 Å². The lowest BCUT2D eigenvalue weighted by molar-refractivity contribution is 0.171. The molecule has 2 amide bonds. The van der Waals surface area contributed by atoms with E-state index in [2.05, 4.69) is 30.9 Å². The van der Waals surface area contributed by atoms with Crippen LogP contribution in [0.5, 0.6) is 11.5 Å². The van der Waals surface area contributed by atoms with E-state index >= 15 is 0 Å². The Bertz CT molecular complexity index is 1000. The van der Waals surface area contributed by atoms with Gasteiger partial charge in [-0.25, -0.2) is 19.7 Å². The van der Waals surface area contributed by atoms with E-state index in [9.17, 15) is 4.79 Å². The predicted molar refractivity (Wildman–Crippen MR) is 107 cm³/mol. The fraction of sp³-hybridized carbons (Fsp3) is 0.263. The third kappa shape index (κ3) is 4.54. The topological polar surface area (TPSA) is 115 Å². The van der Waals surface area contributed by atoms with Gasteiger partial charge in [0.25, 0.3) is 0 Å². The van der Waals surface area contributed by atoms with Crippen molar-refractivity contribution in [3.63, 3.8) is 0 Å². The third-order valence-electron chi connectivity index (χ3n) is 4.24. The van der Waals surface area contributed by atoms with Crippen molar-refractivity contribution in [2.24, 2.45) is 0 Å². The maximum Gasteiger partial charge on any atom is 0.319 e. The Kier molecular flexibility index (Phi) is 5.41. The number of nitrogens with zero attached hydrogens (tertiary/aromatic N) is 4. The number of hydrogen-bond acceptors (Lipinski definition) is 7. The molecule has 0 atom stereocenters. The number of rotatable bonds is 6. The van der Waals surface area contributed by atoms with E-state index in [1.807, 2.05) is 23.8 Å². The Labute approximate surface area is 167 Å². The highest BCUT2D eigenvalue weighted by Gasteiger charge is 2.12.